The lowest BCUT2D eigenvalue weighted by atomic mass is 9.91. The molecule has 24 heavy (non-hydrogen) atoms. The maximum atomic E-state index is 12.6. The first kappa shape index (κ1) is 14.8. The first-order valence-corrected chi connectivity index (χ1v) is 8.28. The van der Waals surface area contributed by atoms with Crippen molar-refractivity contribution < 1.29 is 9.53 Å². The average Bonchev–Trinajstić information content (AvgIpc) is 2.99. The SMILES string of the molecule is COc1ccccc1C(=O)NC1CCc2[nH]c3ccccc3c2C1. The van der Waals surface area contributed by atoms with Crippen molar-refractivity contribution in [2.24, 2.45) is 0 Å². The number of rotatable bonds is 3. The number of amides is 1. The van der Waals surface area contributed by atoms with Crippen LogP contribution in [0.3, 0.4) is 0 Å². The summed E-state index contributed by atoms with van der Waals surface area (Å²) >= 11 is 0. The van der Waals surface area contributed by atoms with Crippen LogP contribution in [0.25, 0.3) is 10.9 Å². The number of carbonyl (C=O) groups is 1. The molecule has 1 aliphatic carbocycles. The second-order valence-electron chi connectivity index (χ2n) is 6.24. The Morgan fingerprint density at radius 2 is 1.96 bits per heavy atom. The first-order chi connectivity index (χ1) is 11.8. The molecule has 0 fully saturated rings. The molecule has 0 saturated heterocycles. The van der Waals surface area contributed by atoms with Crippen molar-refractivity contribution >= 4 is 16.8 Å². The zero-order valence-electron chi connectivity index (χ0n) is 13.6. The van der Waals surface area contributed by atoms with Gasteiger partial charge >= 0.3 is 0 Å². The number of aromatic nitrogens is 1. The Labute approximate surface area is 140 Å². The molecule has 3 aromatic rings. The zero-order valence-corrected chi connectivity index (χ0v) is 13.6. The van der Waals surface area contributed by atoms with Crippen molar-refractivity contribution in [3.63, 3.8) is 0 Å². The van der Waals surface area contributed by atoms with Gasteiger partial charge in [0.05, 0.1) is 12.7 Å². The van der Waals surface area contributed by atoms with Crippen molar-refractivity contribution in [3.8, 4) is 5.75 Å². The number of hydrogen-bond donors (Lipinski definition) is 2. The van der Waals surface area contributed by atoms with E-state index in [1.807, 2.05) is 24.3 Å². The lowest BCUT2D eigenvalue weighted by Gasteiger charge is -2.24. The Balaban J connectivity index is 1.56. The van der Waals surface area contributed by atoms with Crippen LogP contribution in [0, 0.1) is 0 Å². The number of aryl methyl sites for hydroxylation is 1. The Bertz CT molecular complexity index is 898. The van der Waals surface area contributed by atoms with Crippen LogP contribution in [0.2, 0.25) is 0 Å². The van der Waals surface area contributed by atoms with E-state index < -0.39 is 0 Å². The van der Waals surface area contributed by atoms with Crippen LogP contribution in [-0.2, 0) is 12.8 Å². The van der Waals surface area contributed by atoms with Crippen molar-refractivity contribution in [3.05, 3.63) is 65.4 Å². The van der Waals surface area contributed by atoms with Gasteiger partial charge in [-0.05, 0) is 43.0 Å². The molecule has 122 valence electrons. The Hall–Kier alpha value is -2.75. The van der Waals surface area contributed by atoms with Crippen molar-refractivity contribution in [1.82, 2.24) is 10.3 Å². The van der Waals surface area contributed by atoms with Crippen molar-refractivity contribution in [1.29, 1.82) is 0 Å². The fourth-order valence-electron chi connectivity index (χ4n) is 3.59. The largest absolute Gasteiger partial charge is 0.496 e. The number of para-hydroxylation sites is 2. The van der Waals surface area contributed by atoms with Crippen LogP contribution in [0.5, 0.6) is 5.75 Å². The van der Waals surface area contributed by atoms with Gasteiger partial charge in [-0.2, -0.15) is 0 Å². The highest BCUT2D eigenvalue weighted by atomic mass is 16.5. The van der Waals surface area contributed by atoms with Crippen molar-refractivity contribution in [2.45, 2.75) is 25.3 Å². The summed E-state index contributed by atoms with van der Waals surface area (Å²) < 4.78 is 5.29. The minimum atomic E-state index is -0.0688. The number of carbonyl (C=O) groups excluding carboxylic acids is 1. The van der Waals surface area contributed by atoms with Gasteiger partial charge in [-0.3, -0.25) is 4.79 Å². The predicted octanol–water partition coefficient (Wildman–Crippen LogP) is 3.46. The molecule has 2 aromatic carbocycles. The first-order valence-electron chi connectivity index (χ1n) is 8.28. The standard InChI is InChI=1S/C20H20N2O2/c1-24-19-9-5-3-7-15(19)20(23)21-13-10-11-18-16(12-13)14-6-2-4-8-17(14)22-18/h2-9,13,22H,10-12H2,1H3,(H,21,23). The number of methoxy groups -OCH3 is 1. The van der Waals surface area contributed by atoms with E-state index in [4.69, 9.17) is 4.74 Å². The molecule has 1 unspecified atom stereocenters. The number of nitrogens with one attached hydrogen (secondary N) is 2. The Morgan fingerprint density at radius 1 is 1.17 bits per heavy atom. The molecule has 1 aliphatic rings. The van der Waals surface area contributed by atoms with Crippen molar-refractivity contribution in [2.75, 3.05) is 7.11 Å². The third-order valence-corrected chi connectivity index (χ3v) is 4.78. The number of hydrogen-bond acceptors (Lipinski definition) is 2. The molecule has 1 aromatic heterocycles. The van der Waals surface area contributed by atoms with E-state index >= 15 is 0 Å². The summed E-state index contributed by atoms with van der Waals surface area (Å²) in [7, 11) is 1.59. The summed E-state index contributed by atoms with van der Waals surface area (Å²) in [6, 6.07) is 15.9. The minimum absolute atomic E-state index is 0.0688. The van der Waals surface area contributed by atoms with E-state index in [2.05, 4.69) is 28.5 Å². The van der Waals surface area contributed by atoms with Crippen LogP contribution in [-0.4, -0.2) is 24.0 Å². The normalized spacial score (nSPS) is 16.6. The van der Waals surface area contributed by atoms with Gasteiger partial charge < -0.3 is 15.0 Å². The highest BCUT2D eigenvalue weighted by molar-refractivity contribution is 5.97. The van der Waals surface area contributed by atoms with Gasteiger partial charge in [0.25, 0.3) is 5.91 Å². The lowest BCUT2D eigenvalue weighted by Crippen LogP contribution is -2.38. The summed E-state index contributed by atoms with van der Waals surface area (Å²) in [5, 5.41) is 4.44. The van der Waals surface area contributed by atoms with Gasteiger partial charge in [0.2, 0.25) is 0 Å². The molecule has 0 radical (unpaired) electrons. The third-order valence-electron chi connectivity index (χ3n) is 4.78. The number of aromatic amines is 1. The van der Waals surface area contributed by atoms with Gasteiger partial charge in [0, 0.05) is 22.6 Å². The molecule has 1 heterocycles. The summed E-state index contributed by atoms with van der Waals surface area (Å²) in [4.78, 5) is 16.1. The molecule has 2 N–H and O–H groups in total. The fourth-order valence-corrected chi connectivity index (χ4v) is 3.59. The fraction of sp³-hybridized carbons (Fsp3) is 0.250. The molecule has 4 nitrogen and oxygen atoms in total. The van der Waals surface area contributed by atoms with E-state index in [1.54, 1.807) is 13.2 Å². The maximum absolute atomic E-state index is 12.6. The number of fused-ring (bicyclic) bond motifs is 3. The molecular formula is C20H20N2O2. The van der Waals surface area contributed by atoms with Crippen LogP contribution >= 0.6 is 0 Å². The van der Waals surface area contributed by atoms with E-state index in [9.17, 15) is 4.79 Å². The zero-order chi connectivity index (χ0) is 16.5. The van der Waals surface area contributed by atoms with Crippen LogP contribution in [0.1, 0.15) is 28.0 Å². The highest BCUT2D eigenvalue weighted by Gasteiger charge is 2.24. The van der Waals surface area contributed by atoms with Gasteiger partial charge in [0.15, 0.2) is 0 Å². The molecule has 0 aliphatic heterocycles. The second-order valence-corrected chi connectivity index (χ2v) is 6.24. The van der Waals surface area contributed by atoms with E-state index in [0.29, 0.717) is 11.3 Å². The monoisotopic (exact) mass is 320 g/mol. The summed E-state index contributed by atoms with van der Waals surface area (Å²) in [5.41, 5.74) is 4.41. The third kappa shape index (κ3) is 2.54. The molecule has 4 heteroatoms. The highest BCUT2D eigenvalue weighted by Crippen LogP contribution is 2.29. The van der Waals surface area contributed by atoms with Crippen LogP contribution in [0.15, 0.2) is 48.5 Å². The van der Waals surface area contributed by atoms with Gasteiger partial charge in [0.1, 0.15) is 5.75 Å². The molecule has 1 amide bonds. The summed E-state index contributed by atoms with van der Waals surface area (Å²) in [6.07, 6.45) is 2.77. The van der Waals surface area contributed by atoms with Crippen LogP contribution < -0.4 is 10.1 Å². The number of benzene rings is 2. The predicted molar refractivity (Wildman–Crippen MR) is 94.6 cm³/mol. The molecule has 0 bridgehead atoms. The topological polar surface area (TPSA) is 54.1 Å². The van der Waals surface area contributed by atoms with Gasteiger partial charge in [-0.15, -0.1) is 0 Å². The minimum Gasteiger partial charge on any atom is -0.496 e. The molecule has 1 atom stereocenters. The average molecular weight is 320 g/mol. The molecule has 0 spiro atoms. The van der Waals surface area contributed by atoms with Gasteiger partial charge in [-0.25, -0.2) is 0 Å². The maximum Gasteiger partial charge on any atom is 0.255 e. The second kappa shape index (κ2) is 6.04. The molecule has 0 saturated carbocycles. The summed E-state index contributed by atoms with van der Waals surface area (Å²) in [5.74, 6) is 0.541. The lowest BCUT2D eigenvalue weighted by molar-refractivity contribution is 0.0930. The number of ether oxygens (including phenoxy) is 1. The van der Waals surface area contributed by atoms with Crippen LogP contribution in [0.4, 0.5) is 0 Å². The van der Waals surface area contributed by atoms with E-state index in [1.165, 1.54) is 22.2 Å². The van der Waals surface area contributed by atoms with Gasteiger partial charge in [-0.1, -0.05) is 30.3 Å². The Morgan fingerprint density at radius 3 is 2.83 bits per heavy atom. The quantitative estimate of drug-likeness (QED) is 0.776. The summed E-state index contributed by atoms with van der Waals surface area (Å²) in [6.45, 7) is 0. The van der Waals surface area contributed by atoms with E-state index in [0.717, 1.165) is 19.3 Å². The molecular weight excluding hydrogens is 300 g/mol. The Kier molecular flexibility index (Phi) is 3.73. The molecule has 4 rings (SSSR count). The number of H-pyrrole nitrogens is 1. The van der Waals surface area contributed by atoms with E-state index in [-0.39, 0.29) is 11.9 Å². The smallest absolute Gasteiger partial charge is 0.255 e.